The number of pyridine rings is 1. The fraction of sp³-hybridized carbons (Fsp3) is 0.444. The molecule has 1 aliphatic rings. The van der Waals surface area contributed by atoms with Crippen molar-refractivity contribution in [3.63, 3.8) is 0 Å². The molecule has 88 valence electrons. The maximum atomic E-state index is 12.0. The van der Waals surface area contributed by atoms with Crippen LogP contribution in [0.1, 0.15) is 6.42 Å². The molecule has 2 rings (SSSR count). The standard InChI is InChI=1S/C9H12NO4S2/c11-15(12)7-4-9(8-15)16(13,14)10-5-2-1-3-6-10/h1-3,5-6,9H,4,7-8H2/q+1. The average molecular weight is 262 g/mol. The van der Waals surface area contributed by atoms with Gasteiger partial charge in [0.15, 0.2) is 22.2 Å². The zero-order valence-corrected chi connectivity index (χ0v) is 10.1. The zero-order chi connectivity index (χ0) is 11.8. The van der Waals surface area contributed by atoms with Crippen molar-refractivity contribution in [1.29, 1.82) is 0 Å². The highest BCUT2D eigenvalue weighted by Gasteiger charge is 2.42. The van der Waals surface area contributed by atoms with E-state index in [2.05, 4.69) is 0 Å². The summed E-state index contributed by atoms with van der Waals surface area (Å²) < 4.78 is 47.6. The minimum absolute atomic E-state index is 0.0374. The molecule has 0 bridgehead atoms. The first-order valence-corrected chi connectivity index (χ1v) is 8.15. The Morgan fingerprint density at radius 2 is 1.75 bits per heavy atom. The first kappa shape index (κ1) is 11.5. The number of rotatable bonds is 2. The summed E-state index contributed by atoms with van der Waals surface area (Å²) in [6.07, 6.45) is 3.02. The van der Waals surface area contributed by atoms with Gasteiger partial charge in [-0.15, -0.1) is 0 Å². The van der Waals surface area contributed by atoms with E-state index in [1.807, 2.05) is 0 Å². The van der Waals surface area contributed by atoms with Gasteiger partial charge < -0.3 is 0 Å². The summed E-state index contributed by atoms with van der Waals surface area (Å²) >= 11 is 0. The van der Waals surface area contributed by atoms with Gasteiger partial charge in [-0.2, -0.15) is 8.42 Å². The molecule has 1 fully saturated rings. The van der Waals surface area contributed by atoms with Crippen molar-refractivity contribution >= 4 is 19.9 Å². The van der Waals surface area contributed by atoms with Crippen LogP contribution in [0.4, 0.5) is 0 Å². The van der Waals surface area contributed by atoms with E-state index in [1.54, 1.807) is 18.2 Å². The number of hydrogen-bond donors (Lipinski definition) is 0. The van der Waals surface area contributed by atoms with Crippen molar-refractivity contribution in [3.05, 3.63) is 30.6 Å². The molecule has 7 heteroatoms. The minimum atomic E-state index is -3.57. The summed E-state index contributed by atoms with van der Waals surface area (Å²) in [7, 11) is -6.75. The molecule has 0 saturated carbocycles. The highest BCUT2D eigenvalue weighted by atomic mass is 32.2. The van der Waals surface area contributed by atoms with Crippen LogP contribution in [0.3, 0.4) is 0 Å². The predicted molar refractivity (Wildman–Crippen MR) is 58.0 cm³/mol. The van der Waals surface area contributed by atoms with E-state index in [9.17, 15) is 16.8 Å². The first-order chi connectivity index (χ1) is 7.42. The number of aromatic nitrogens is 1. The van der Waals surface area contributed by atoms with Gasteiger partial charge >= 0.3 is 10.0 Å². The Hall–Kier alpha value is -0.950. The van der Waals surface area contributed by atoms with E-state index < -0.39 is 25.1 Å². The lowest BCUT2D eigenvalue weighted by molar-refractivity contribution is -0.512. The molecule has 2 heterocycles. The van der Waals surface area contributed by atoms with Crippen LogP contribution in [0.2, 0.25) is 0 Å². The summed E-state index contributed by atoms with van der Waals surface area (Å²) in [5.74, 6) is -0.304. The van der Waals surface area contributed by atoms with Crippen molar-refractivity contribution in [2.45, 2.75) is 11.7 Å². The van der Waals surface area contributed by atoms with Crippen LogP contribution < -0.4 is 3.97 Å². The Bertz CT molecular complexity index is 577. The van der Waals surface area contributed by atoms with Gasteiger partial charge in [0.1, 0.15) is 5.25 Å². The SMILES string of the molecule is O=S1(=O)CCC(S(=O)(=O)[n+]2ccccc2)C1. The van der Waals surface area contributed by atoms with Gasteiger partial charge in [0.25, 0.3) is 0 Å². The Morgan fingerprint density at radius 3 is 2.25 bits per heavy atom. The number of hydrogen-bond acceptors (Lipinski definition) is 4. The van der Waals surface area contributed by atoms with Gasteiger partial charge in [-0.1, -0.05) is 10.0 Å². The number of nitrogens with zero attached hydrogens (tertiary/aromatic N) is 1. The van der Waals surface area contributed by atoms with Crippen LogP contribution in [0.5, 0.6) is 0 Å². The third-order valence-electron chi connectivity index (χ3n) is 2.59. The molecule has 0 aliphatic carbocycles. The average Bonchev–Trinajstić information content (AvgIpc) is 2.61. The molecule has 0 N–H and O–H groups in total. The summed E-state index contributed by atoms with van der Waals surface area (Å²) in [5.41, 5.74) is 0. The maximum absolute atomic E-state index is 12.0. The second-order valence-electron chi connectivity index (χ2n) is 3.78. The second-order valence-corrected chi connectivity index (χ2v) is 8.12. The van der Waals surface area contributed by atoms with Crippen LogP contribution in [0.15, 0.2) is 30.6 Å². The molecule has 1 aliphatic heterocycles. The highest BCUT2D eigenvalue weighted by Crippen LogP contribution is 2.17. The van der Waals surface area contributed by atoms with Gasteiger partial charge in [-0.3, -0.25) is 0 Å². The fourth-order valence-electron chi connectivity index (χ4n) is 1.72. The summed E-state index contributed by atoms with van der Waals surface area (Å²) in [6, 6.07) is 4.90. The monoisotopic (exact) mass is 262 g/mol. The number of sulfone groups is 1. The summed E-state index contributed by atoms with van der Waals surface area (Å²) in [4.78, 5) is 0. The van der Waals surface area contributed by atoms with Crippen LogP contribution in [-0.2, 0) is 19.9 Å². The van der Waals surface area contributed by atoms with Gasteiger partial charge in [0.05, 0.1) is 11.5 Å². The molecule has 16 heavy (non-hydrogen) atoms. The lowest BCUT2D eigenvalue weighted by Crippen LogP contribution is -2.48. The molecule has 1 saturated heterocycles. The quantitative estimate of drug-likeness (QED) is 0.663. The second kappa shape index (κ2) is 3.81. The van der Waals surface area contributed by atoms with E-state index >= 15 is 0 Å². The summed E-state index contributed by atoms with van der Waals surface area (Å²) in [5, 5.41) is -0.815. The first-order valence-electron chi connectivity index (χ1n) is 4.83. The zero-order valence-electron chi connectivity index (χ0n) is 8.48. The lowest BCUT2D eigenvalue weighted by Gasteiger charge is -2.03. The Balaban J connectivity index is 2.36. The van der Waals surface area contributed by atoms with Crippen molar-refractivity contribution in [2.24, 2.45) is 0 Å². The van der Waals surface area contributed by atoms with Gasteiger partial charge in [-0.25, -0.2) is 8.42 Å². The topological polar surface area (TPSA) is 72.2 Å². The third kappa shape index (κ3) is 2.10. The van der Waals surface area contributed by atoms with Crippen LogP contribution >= 0.6 is 0 Å². The van der Waals surface area contributed by atoms with Crippen LogP contribution in [0, 0.1) is 0 Å². The molecule has 1 atom stereocenters. The maximum Gasteiger partial charge on any atom is 0.373 e. The highest BCUT2D eigenvalue weighted by molar-refractivity contribution is 7.94. The van der Waals surface area contributed by atoms with Crippen molar-refractivity contribution in [2.75, 3.05) is 11.5 Å². The van der Waals surface area contributed by atoms with E-state index in [-0.39, 0.29) is 17.9 Å². The molecule has 5 nitrogen and oxygen atoms in total. The normalized spacial score (nSPS) is 24.4. The van der Waals surface area contributed by atoms with Crippen molar-refractivity contribution in [1.82, 2.24) is 0 Å². The summed E-state index contributed by atoms with van der Waals surface area (Å²) in [6.45, 7) is 0. The Labute approximate surface area is 94.7 Å². The fourth-order valence-corrected chi connectivity index (χ4v) is 5.96. The Morgan fingerprint density at radius 1 is 1.12 bits per heavy atom. The van der Waals surface area contributed by atoms with Crippen LogP contribution in [0.25, 0.3) is 0 Å². The molecular formula is C9H12NO4S2+. The molecule has 0 amide bonds. The van der Waals surface area contributed by atoms with Crippen molar-refractivity contribution in [3.8, 4) is 0 Å². The van der Waals surface area contributed by atoms with E-state index in [0.717, 1.165) is 3.97 Å². The molecule has 1 aromatic heterocycles. The van der Waals surface area contributed by atoms with Gasteiger partial charge in [-0.05, 0) is 6.42 Å². The molecule has 0 radical (unpaired) electrons. The molecule has 1 unspecified atom stereocenters. The Kier molecular flexibility index (Phi) is 2.75. The van der Waals surface area contributed by atoms with E-state index in [0.29, 0.717) is 0 Å². The predicted octanol–water partition coefficient (Wildman–Crippen LogP) is -0.661. The van der Waals surface area contributed by atoms with Gasteiger partial charge in [0.2, 0.25) is 0 Å². The van der Waals surface area contributed by atoms with E-state index in [1.165, 1.54) is 12.4 Å². The largest absolute Gasteiger partial charge is 0.373 e. The van der Waals surface area contributed by atoms with Gasteiger partial charge in [0, 0.05) is 12.1 Å². The van der Waals surface area contributed by atoms with E-state index in [4.69, 9.17) is 0 Å². The smallest absolute Gasteiger partial charge is 0.229 e. The van der Waals surface area contributed by atoms with Crippen LogP contribution in [-0.4, -0.2) is 33.6 Å². The molecule has 0 aromatic carbocycles. The molecule has 0 spiro atoms. The third-order valence-corrected chi connectivity index (χ3v) is 6.65. The van der Waals surface area contributed by atoms with Crippen molar-refractivity contribution < 1.29 is 20.8 Å². The minimum Gasteiger partial charge on any atom is -0.229 e. The molecular weight excluding hydrogens is 250 g/mol. The lowest BCUT2D eigenvalue weighted by atomic mass is 10.4. The molecule has 1 aromatic rings.